The largest absolute Gasteiger partial charge is 0.451 e. The minimum absolute atomic E-state index is 0.0652. The van der Waals surface area contributed by atoms with E-state index in [-0.39, 0.29) is 24.0 Å². The Kier molecular flexibility index (Phi) is 6.22. The number of anilines is 1. The second kappa shape index (κ2) is 8.55. The molecule has 0 bridgehead atoms. The zero-order chi connectivity index (χ0) is 22.9. The monoisotopic (exact) mass is 442 g/mol. The number of carbonyl (C=O) groups excluding carboxylic acids is 2. The molecule has 0 aliphatic carbocycles. The molecule has 2 aromatic carbocycles. The number of hydrogen-bond donors (Lipinski definition) is 1. The normalized spacial score (nSPS) is 11.5. The van der Waals surface area contributed by atoms with Crippen LogP contribution in [0, 0.1) is 20.8 Å². The van der Waals surface area contributed by atoms with Crippen molar-refractivity contribution in [2.45, 2.75) is 26.5 Å². The summed E-state index contributed by atoms with van der Waals surface area (Å²) >= 11 is 0. The van der Waals surface area contributed by atoms with Gasteiger partial charge in [-0.15, -0.1) is 0 Å². The van der Waals surface area contributed by atoms with Gasteiger partial charge in [-0.05, 0) is 38.0 Å². The van der Waals surface area contributed by atoms with Crippen molar-refractivity contribution >= 4 is 38.3 Å². The van der Waals surface area contributed by atoms with Crippen molar-refractivity contribution in [3.8, 4) is 0 Å². The van der Waals surface area contributed by atoms with E-state index in [1.54, 1.807) is 24.3 Å². The van der Waals surface area contributed by atoms with Gasteiger partial charge in [0.15, 0.2) is 15.6 Å². The number of amides is 2. The van der Waals surface area contributed by atoms with Crippen LogP contribution in [-0.2, 0) is 20.4 Å². The van der Waals surface area contributed by atoms with Crippen molar-refractivity contribution in [2.24, 2.45) is 0 Å². The van der Waals surface area contributed by atoms with Gasteiger partial charge in [0.1, 0.15) is 5.58 Å². The van der Waals surface area contributed by atoms with Crippen molar-refractivity contribution in [2.75, 3.05) is 25.2 Å². The number of nitrogens with one attached hydrogen (secondary N) is 1. The number of benzene rings is 2. The molecule has 1 heterocycles. The number of sulfone groups is 1. The third kappa shape index (κ3) is 5.14. The van der Waals surface area contributed by atoms with Crippen LogP contribution in [-0.4, -0.2) is 45.0 Å². The van der Waals surface area contributed by atoms with Gasteiger partial charge in [0.05, 0.1) is 12.3 Å². The van der Waals surface area contributed by atoms with Crippen molar-refractivity contribution in [3.05, 3.63) is 64.4 Å². The summed E-state index contributed by atoms with van der Waals surface area (Å²) in [5, 5.41) is 3.43. The molecular weight excluding hydrogens is 416 g/mol. The fraction of sp³-hybridized carbons (Fsp3) is 0.304. The topological polar surface area (TPSA) is 96.7 Å². The molecule has 0 saturated heterocycles. The Morgan fingerprint density at radius 2 is 1.68 bits per heavy atom. The molecule has 0 spiro atoms. The second-order valence-corrected chi connectivity index (χ2v) is 10.1. The molecule has 0 unspecified atom stereocenters. The smallest absolute Gasteiger partial charge is 0.290 e. The third-order valence-corrected chi connectivity index (χ3v) is 5.78. The molecule has 0 fully saturated rings. The van der Waals surface area contributed by atoms with Crippen molar-refractivity contribution in [1.82, 2.24) is 4.90 Å². The highest BCUT2D eigenvalue weighted by atomic mass is 32.2. The molecule has 7 nitrogen and oxygen atoms in total. The van der Waals surface area contributed by atoms with Crippen LogP contribution in [0.1, 0.15) is 32.8 Å². The van der Waals surface area contributed by atoms with E-state index >= 15 is 0 Å². The Bertz CT molecular complexity index is 1250. The van der Waals surface area contributed by atoms with E-state index < -0.39 is 15.7 Å². The van der Waals surface area contributed by atoms with Crippen LogP contribution in [0.2, 0.25) is 0 Å². The first-order valence-corrected chi connectivity index (χ1v) is 11.8. The van der Waals surface area contributed by atoms with Crippen LogP contribution in [0.5, 0.6) is 0 Å². The zero-order valence-corrected chi connectivity index (χ0v) is 19.1. The molecule has 0 radical (unpaired) electrons. The number of furan rings is 1. The number of nitrogens with zero attached hydrogens (tertiary/aromatic N) is 1. The molecule has 0 aliphatic rings. The Morgan fingerprint density at radius 3 is 2.29 bits per heavy atom. The lowest BCUT2D eigenvalue weighted by molar-refractivity contribution is -0.116. The molecule has 3 aromatic rings. The highest BCUT2D eigenvalue weighted by Crippen LogP contribution is 2.28. The fourth-order valence-corrected chi connectivity index (χ4v) is 4.50. The lowest BCUT2D eigenvalue weighted by Gasteiger charge is -2.18. The van der Waals surface area contributed by atoms with Crippen molar-refractivity contribution in [1.29, 1.82) is 0 Å². The molecule has 1 aromatic heterocycles. The molecular formula is C23H26N2O5S. The minimum Gasteiger partial charge on any atom is -0.451 e. The number of hydrogen-bond acceptors (Lipinski definition) is 5. The predicted molar refractivity (Wildman–Crippen MR) is 121 cm³/mol. The molecule has 2 amide bonds. The standard InChI is InChI=1S/C23H26N2O5S/c1-14-10-15(2)21(16(3)11-14)24-20(26)12-25(4)23(27)22-18(13-31(5,28)29)17-8-6-7-9-19(17)30-22/h6-11H,12-13H2,1-5H3,(H,24,26). The number of rotatable bonds is 6. The maximum atomic E-state index is 13.0. The Morgan fingerprint density at radius 1 is 1.06 bits per heavy atom. The van der Waals surface area contributed by atoms with Crippen LogP contribution in [0.3, 0.4) is 0 Å². The van der Waals surface area contributed by atoms with Gasteiger partial charge in [0, 0.05) is 29.9 Å². The molecule has 164 valence electrons. The van der Waals surface area contributed by atoms with Crippen LogP contribution in [0.4, 0.5) is 5.69 Å². The molecule has 0 saturated carbocycles. The average Bonchev–Trinajstić information content (AvgIpc) is 3.01. The first kappa shape index (κ1) is 22.6. The van der Waals surface area contributed by atoms with E-state index in [4.69, 9.17) is 4.42 Å². The van der Waals surface area contributed by atoms with Gasteiger partial charge >= 0.3 is 0 Å². The third-order valence-electron chi connectivity index (χ3n) is 4.97. The summed E-state index contributed by atoms with van der Waals surface area (Å²) in [6, 6.07) is 10.8. The maximum Gasteiger partial charge on any atom is 0.290 e. The summed E-state index contributed by atoms with van der Waals surface area (Å²) in [4.78, 5) is 26.9. The first-order valence-electron chi connectivity index (χ1n) is 9.77. The van der Waals surface area contributed by atoms with E-state index in [0.717, 1.165) is 28.6 Å². The van der Waals surface area contributed by atoms with E-state index in [2.05, 4.69) is 5.32 Å². The lowest BCUT2D eigenvalue weighted by Crippen LogP contribution is -2.35. The molecule has 3 rings (SSSR count). The van der Waals surface area contributed by atoms with E-state index in [1.807, 2.05) is 32.9 Å². The molecule has 1 N–H and O–H groups in total. The van der Waals surface area contributed by atoms with Gasteiger partial charge in [0.25, 0.3) is 5.91 Å². The average molecular weight is 443 g/mol. The van der Waals surface area contributed by atoms with E-state index in [0.29, 0.717) is 16.5 Å². The Labute approximate surface area is 182 Å². The van der Waals surface area contributed by atoms with E-state index in [1.165, 1.54) is 11.9 Å². The van der Waals surface area contributed by atoms with Crippen LogP contribution in [0.25, 0.3) is 11.0 Å². The van der Waals surface area contributed by atoms with Gasteiger partial charge in [-0.2, -0.15) is 0 Å². The van der Waals surface area contributed by atoms with Crippen LogP contribution in [0.15, 0.2) is 40.8 Å². The maximum absolute atomic E-state index is 13.0. The Hall–Kier alpha value is -3.13. The quantitative estimate of drug-likeness (QED) is 0.629. The highest BCUT2D eigenvalue weighted by Gasteiger charge is 2.26. The van der Waals surface area contributed by atoms with Crippen LogP contribution < -0.4 is 5.32 Å². The molecule has 0 atom stereocenters. The molecule has 8 heteroatoms. The number of aryl methyl sites for hydroxylation is 3. The summed E-state index contributed by atoms with van der Waals surface area (Å²) in [6.07, 6.45) is 1.10. The molecule has 0 aliphatic heterocycles. The molecule has 31 heavy (non-hydrogen) atoms. The number of carbonyl (C=O) groups is 2. The van der Waals surface area contributed by atoms with Gasteiger partial charge in [-0.25, -0.2) is 8.42 Å². The fourth-order valence-electron chi connectivity index (χ4n) is 3.69. The summed E-state index contributed by atoms with van der Waals surface area (Å²) in [6.45, 7) is 5.60. The first-order chi connectivity index (χ1) is 14.5. The summed E-state index contributed by atoms with van der Waals surface area (Å²) in [5.74, 6) is -1.30. The van der Waals surface area contributed by atoms with Gasteiger partial charge in [0.2, 0.25) is 5.91 Å². The van der Waals surface area contributed by atoms with Crippen molar-refractivity contribution in [3.63, 3.8) is 0 Å². The minimum atomic E-state index is -3.41. The Balaban J connectivity index is 1.84. The SMILES string of the molecule is Cc1cc(C)c(NC(=O)CN(C)C(=O)c2oc3ccccc3c2CS(C)(=O)=O)c(C)c1. The highest BCUT2D eigenvalue weighted by molar-refractivity contribution is 7.89. The second-order valence-electron chi connectivity index (χ2n) is 7.96. The lowest BCUT2D eigenvalue weighted by atomic mass is 10.1. The number of para-hydroxylation sites is 1. The zero-order valence-electron chi connectivity index (χ0n) is 18.3. The van der Waals surface area contributed by atoms with Gasteiger partial charge in [-0.3, -0.25) is 9.59 Å². The summed E-state index contributed by atoms with van der Waals surface area (Å²) in [7, 11) is -1.93. The predicted octanol–water partition coefficient (Wildman–Crippen LogP) is 3.61. The van der Waals surface area contributed by atoms with Gasteiger partial charge in [-0.1, -0.05) is 35.9 Å². The summed E-state index contributed by atoms with van der Waals surface area (Å²) in [5.41, 5.74) is 4.43. The van der Waals surface area contributed by atoms with E-state index in [9.17, 15) is 18.0 Å². The number of fused-ring (bicyclic) bond motifs is 1. The summed E-state index contributed by atoms with van der Waals surface area (Å²) < 4.78 is 29.5. The van der Waals surface area contributed by atoms with Crippen molar-refractivity contribution < 1.29 is 22.4 Å². The number of likely N-dealkylation sites (N-methyl/N-ethyl adjacent to an activating group) is 1. The van der Waals surface area contributed by atoms with Gasteiger partial charge < -0.3 is 14.6 Å². The van der Waals surface area contributed by atoms with Crippen LogP contribution >= 0.6 is 0 Å².